The Balaban J connectivity index is 2.59. The van der Waals surface area contributed by atoms with Crippen molar-refractivity contribution in [3.63, 3.8) is 0 Å². The molecule has 1 aromatic carbocycles. The largest absolute Gasteiger partial charge is 0.478 e. The second kappa shape index (κ2) is 4.77. The second-order valence-corrected chi connectivity index (χ2v) is 3.71. The monoisotopic (exact) mass is 260 g/mol. The van der Waals surface area contributed by atoms with Crippen LogP contribution in [0.25, 0.3) is 17.0 Å². The van der Waals surface area contributed by atoms with Crippen LogP contribution in [-0.2, 0) is 4.79 Å². The van der Waals surface area contributed by atoms with E-state index in [1.54, 1.807) is 0 Å². The number of carbonyl (C=O) groups is 2. The molecule has 96 valence electrons. The fourth-order valence-electron chi connectivity index (χ4n) is 1.55. The van der Waals surface area contributed by atoms with E-state index in [-0.39, 0.29) is 11.0 Å². The lowest BCUT2D eigenvalue weighted by Gasteiger charge is -2.00. The number of carboxylic acids is 2. The van der Waals surface area contributed by atoms with Crippen molar-refractivity contribution >= 4 is 29.0 Å². The number of benzene rings is 1. The van der Waals surface area contributed by atoms with Crippen LogP contribution in [0.15, 0.2) is 39.6 Å². The second-order valence-electron chi connectivity index (χ2n) is 3.71. The summed E-state index contributed by atoms with van der Waals surface area (Å²) < 4.78 is 5.04. The van der Waals surface area contributed by atoms with Crippen molar-refractivity contribution < 1.29 is 24.2 Å². The third-order valence-corrected chi connectivity index (χ3v) is 2.38. The molecule has 0 aliphatic rings. The van der Waals surface area contributed by atoms with Crippen molar-refractivity contribution in [2.75, 3.05) is 0 Å². The van der Waals surface area contributed by atoms with Crippen molar-refractivity contribution in [1.29, 1.82) is 0 Å². The zero-order valence-electron chi connectivity index (χ0n) is 9.49. The molecule has 6 heteroatoms. The number of fused-ring (bicyclic) bond motifs is 1. The van der Waals surface area contributed by atoms with Gasteiger partial charge in [0, 0.05) is 12.1 Å². The maximum absolute atomic E-state index is 11.7. The first kappa shape index (κ1) is 12.6. The third-order valence-electron chi connectivity index (χ3n) is 2.38. The summed E-state index contributed by atoms with van der Waals surface area (Å²) in [6.45, 7) is 0. The van der Waals surface area contributed by atoms with E-state index in [2.05, 4.69) is 0 Å². The normalized spacial score (nSPS) is 10.9. The van der Waals surface area contributed by atoms with E-state index in [9.17, 15) is 14.4 Å². The van der Waals surface area contributed by atoms with Gasteiger partial charge in [-0.05, 0) is 23.8 Å². The van der Waals surface area contributed by atoms with Gasteiger partial charge in [-0.1, -0.05) is 6.07 Å². The standard InChI is InChI=1S/C13H8O6/c14-9-6-11(13(17)18)19-10-3-1-7(5-8(9)10)2-4-12(15)16/h1-6H,(H,15,16)(H,17,18). The van der Waals surface area contributed by atoms with Crippen LogP contribution < -0.4 is 5.43 Å². The van der Waals surface area contributed by atoms with Gasteiger partial charge < -0.3 is 14.6 Å². The van der Waals surface area contributed by atoms with Crippen LogP contribution in [0.4, 0.5) is 0 Å². The van der Waals surface area contributed by atoms with Crippen LogP contribution in [0.1, 0.15) is 16.1 Å². The first-order chi connectivity index (χ1) is 8.97. The molecule has 1 heterocycles. The Bertz CT molecular complexity index is 753. The van der Waals surface area contributed by atoms with E-state index < -0.39 is 23.1 Å². The van der Waals surface area contributed by atoms with Crippen LogP contribution in [0.3, 0.4) is 0 Å². The average molecular weight is 260 g/mol. The number of rotatable bonds is 3. The Morgan fingerprint density at radius 1 is 1.16 bits per heavy atom. The summed E-state index contributed by atoms with van der Waals surface area (Å²) in [5.41, 5.74) is 0.145. The smallest absolute Gasteiger partial charge is 0.371 e. The van der Waals surface area contributed by atoms with E-state index >= 15 is 0 Å². The predicted octanol–water partition coefficient (Wildman–Crippen LogP) is 1.59. The van der Waals surface area contributed by atoms with Crippen LogP contribution in [-0.4, -0.2) is 22.2 Å². The van der Waals surface area contributed by atoms with Gasteiger partial charge >= 0.3 is 11.9 Å². The summed E-state index contributed by atoms with van der Waals surface area (Å²) >= 11 is 0. The summed E-state index contributed by atoms with van der Waals surface area (Å²) in [5.74, 6) is -2.87. The van der Waals surface area contributed by atoms with Crippen LogP contribution in [0, 0.1) is 0 Å². The molecule has 0 unspecified atom stereocenters. The van der Waals surface area contributed by atoms with E-state index in [0.717, 1.165) is 12.1 Å². The molecule has 0 bridgehead atoms. The summed E-state index contributed by atoms with van der Waals surface area (Å²) in [7, 11) is 0. The van der Waals surface area contributed by atoms with E-state index in [4.69, 9.17) is 14.6 Å². The zero-order valence-corrected chi connectivity index (χ0v) is 9.49. The number of aromatic carboxylic acids is 1. The highest BCUT2D eigenvalue weighted by Gasteiger charge is 2.10. The van der Waals surface area contributed by atoms with Gasteiger partial charge in [0.2, 0.25) is 5.76 Å². The Labute approximate surface area is 106 Å². The molecule has 0 amide bonds. The van der Waals surface area contributed by atoms with Crippen molar-refractivity contribution in [2.24, 2.45) is 0 Å². The highest BCUT2D eigenvalue weighted by molar-refractivity contribution is 5.89. The predicted molar refractivity (Wildman–Crippen MR) is 66.1 cm³/mol. The summed E-state index contributed by atoms with van der Waals surface area (Å²) in [4.78, 5) is 32.9. The van der Waals surface area contributed by atoms with E-state index in [1.807, 2.05) is 0 Å². The molecule has 0 fully saturated rings. The summed E-state index contributed by atoms with van der Waals surface area (Å²) in [6, 6.07) is 5.27. The minimum Gasteiger partial charge on any atom is -0.478 e. The highest BCUT2D eigenvalue weighted by Crippen LogP contribution is 2.15. The summed E-state index contributed by atoms with van der Waals surface area (Å²) in [5, 5.41) is 17.5. The van der Waals surface area contributed by atoms with Crippen molar-refractivity contribution in [2.45, 2.75) is 0 Å². The van der Waals surface area contributed by atoms with Crippen LogP contribution >= 0.6 is 0 Å². The Morgan fingerprint density at radius 3 is 2.53 bits per heavy atom. The maximum atomic E-state index is 11.7. The minimum absolute atomic E-state index is 0.136. The molecule has 0 spiro atoms. The Kier molecular flexibility index (Phi) is 3.15. The fourth-order valence-corrected chi connectivity index (χ4v) is 1.55. The highest BCUT2D eigenvalue weighted by atomic mass is 16.4. The molecule has 1 aromatic heterocycles. The molecule has 0 aliphatic carbocycles. The van der Waals surface area contributed by atoms with Crippen molar-refractivity contribution in [3.05, 3.63) is 51.9 Å². The molecule has 6 nitrogen and oxygen atoms in total. The molecule has 2 rings (SSSR count). The Morgan fingerprint density at radius 2 is 1.89 bits per heavy atom. The lowest BCUT2D eigenvalue weighted by molar-refractivity contribution is -0.131. The van der Waals surface area contributed by atoms with E-state index in [1.165, 1.54) is 24.3 Å². The molecule has 0 saturated heterocycles. The summed E-state index contributed by atoms with van der Waals surface area (Å²) in [6.07, 6.45) is 2.26. The minimum atomic E-state index is -1.33. The Hall–Kier alpha value is -2.89. The van der Waals surface area contributed by atoms with Crippen molar-refractivity contribution in [3.8, 4) is 0 Å². The van der Waals surface area contributed by atoms with Gasteiger partial charge in [-0.15, -0.1) is 0 Å². The molecule has 2 aromatic rings. The maximum Gasteiger partial charge on any atom is 0.371 e. The molecule has 0 saturated carbocycles. The lowest BCUT2D eigenvalue weighted by Crippen LogP contribution is -2.06. The number of hydrogen-bond acceptors (Lipinski definition) is 4. The molecule has 0 atom stereocenters. The molecular weight excluding hydrogens is 252 g/mol. The number of carboxylic acid groups (broad SMARTS) is 2. The van der Waals surface area contributed by atoms with Crippen molar-refractivity contribution in [1.82, 2.24) is 0 Å². The zero-order chi connectivity index (χ0) is 14.0. The van der Waals surface area contributed by atoms with Gasteiger partial charge in [-0.25, -0.2) is 9.59 Å². The fraction of sp³-hybridized carbons (Fsp3) is 0. The SMILES string of the molecule is O=C(O)C=Cc1ccc2oc(C(=O)O)cc(=O)c2c1. The van der Waals surface area contributed by atoms with Gasteiger partial charge in [-0.2, -0.15) is 0 Å². The molecule has 2 N–H and O–H groups in total. The number of hydrogen-bond donors (Lipinski definition) is 2. The van der Waals surface area contributed by atoms with E-state index in [0.29, 0.717) is 5.56 Å². The first-order valence-corrected chi connectivity index (χ1v) is 5.19. The molecule has 0 aliphatic heterocycles. The third kappa shape index (κ3) is 2.68. The van der Waals surface area contributed by atoms with Gasteiger partial charge in [0.1, 0.15) is 5.58 Å². The molecular formula is C13H8O6. The lowest BCUT2D eigenvalue weighted by atomic mass is 10.1. The van der Waals surface area contributed by atoms with Gasteiger partial charge in [0.05, 0.1) is 5.39 Å². The van der Waals surface area contributed by atoms with Crippen LogP contribution in [0.2, 0.25) is 0 Å². The topological polar surface area (TPSA) is 105 Å². The molecule has 19 heavy (non-hydrogen) atoms. The van der Waals surface area contributed by atoms with Gasteiger partial charge in [0.25, 0.3) is 0 Å². The van der Waals surface area contributed by atoms with Crippen LogP contribution in [0.5, 0.6) is 0 Å². The molecule has 0 radical (unpaired) electrons. The van der Waals surface area contributed by atoms with Gasteiger partial charge in [0.15, 0.2) is 5.43 Å². The average Bonchev–Trinajstić information content (AvgIpc) is 2.36. The first-order valence-electron chi connectivity index (χ1n) is 5.19. The van der Waals surface area contributed by atoms with Gasteiger partial charge in [-0.3, -0.25) is 4.79 Å². The number of aliphatic carboxylic acids is 1. The quantitative estimate of drug-likeness (QED) is 0.812.